The first-order valence-electron chi connectivity index (χ1n) is 5.56. The van der Waals surface area contributed by atoms with Gasteiger partial charge in [-0.15, -0.1) is 0 Å². The van der Waals surface area contributed by atoms with Gasteiger partial charge >= 0.3 is 0 Å². The van der Waals surface area contributed by atoms with Gasteiger partial charge in [0.1, 0.15) is 0 Å². The van der Waals surface area contributed by atoms with Crippen molar-refractivity contribution < 1.29 is 0 Å². The van der Waals surface area contributed by atoms with Crippen molar-refractivity contribution >= 4 is 6.08 Å². The third-order valence-corrected chi connectivity index (χ3v) is 3.42. The highest BCUT2D eigenvalue weighted by atomic mass is 14.9. The van der Waals surface area contributed by atoms with Gasteiger partial charge in [-0.3, -0.25) is 4.99 Å². The fourth-order valence-corrected chi connectivity index (χ4v) is 2.69. The summed E-state index contributed by atoms with van der Waals surface area (Å²) < 4.78 is 0. The number of fused-ring (bicyclic) bond motifs is 1. The molecule has 1 aliphatic heterocycles. The summed E-state index contributed by atoms with van der Waals surface area (Å²) in [4.78, 5) is 4.89. The van der Waals surface area contributed by atoms with Crippen LogP contribution >= 0.6 is 0 Å². The molecule has 3 rings (SSSR count). The minimum atomic E-state index is 0.182. The Morgan fingerprint density at radius 3 is 2.57 bits per heavy atom. The zero-order valence-electron chi connectivity index (χ0n) is 8.37. The summed E-state index contributed by atoms with van der Waals surface area (Å²) in [6.07, 6.45) is 8.97. The average Bonchev–Trinajstić information content (AvgIpc) is 2.56. The van der Waals surface area contributed by atoms with Crippen molar-refractivity contribution in [2.45, 2.75) is 37.6 Å². The van der Waals surface area contributed by atoms with Crippen LogP contribution in [0.5, 0.6) is 0 Å². The Kier molecular flexibility index (Phi) is 1.73. The molecular formula is C13H15N. The fourth-order valence-electron chi connectivity index (χ4n) is 2.69. The predicted octanol–water partition coefficient (Wildman–Crippen LogP) is 1.80. The molecular weight excluding hydrogens is 170 g/mol. The highest BCUT2D eigenvalue weighted by molar-refractivity contribution is 5.41. The quantitative estimate of drug-likeness (QED) is 0.584. The molecule has 1 saturated carbocycles. The molecule has 1 spiro atoms. The van der Waals surface area contributed by atoms with Crippen LogP contribution in [0.3, 0.4) is 0 Å². The van der Waals surface area contributed by atoms with Crippen LogP contribution in [0.1, 0.15) is 32.1 Å². The molecule has 1 nitrogen and oxygen atoms in total. The van der Waals surface area contributed by atoms with E-state index in [1.165, 1.54) is 42.7 Å². The van der Waals surface area contributed by atoms with Crippen molar-refractivity contribution in [3.05, 3.63) is 34.8 Å². The van der Waals surface area contributed by atoms with Gasteiger partial charge in [-0.1, -0.05) is 37.5 Å². The third kappa shape index (κ3) is 1.19. The van der Waals surface area contributed by atoms with E-state index in [-0.39, 0.29) is 5.54 Å². The molecule has 1 heterocycles. The lowest BCUT2D eigenvalue weighted by Gasteiger charge is -2.28. The van der Waals surface area contributed by atoms with Gasteiger partial charge in [0.15, 0.2) is 0 Å². The number of rotatable bonds is 0. The summed E-state index contributed by atoms with van der Waals surface area (Å²) in [7, 11) is 0. The van der Waals surface area contributed by atoms with Gasteiger partial charge in [0.25, 0.3) is 0 Å². The zero-order chi connectivity index (χ0) is 9.43. The lowest BCUT2D eigenvalue weighted by Crippen LogP contribution is -2.25. The van der Waals surface area contributed by atoms with Crippen molar-refractivity contribution in [2.75, 3.05) is 0 Å². The average molecular weight is 185 g/mol. The molecule has 1 aromatic rings. The second-order valence-electron chi connectivity index (χ2n) is 4.48. The van der Waals surface area contributed by atoms with Gasteiger partial charge in [0, 0.05) is 0 Å². The molecule has 0 N–H and O–H groups in total. The lowest BCUT2D eigenvalue weighted by molar-refractivity contribution is 0.378. The first kappa shape index (κ1) is 8.22. The van der Waals surface area contributed by atoms with Crippen LogP contribution in [0.15, 0.2) is 29.3 Å². The van der Waals surface area contributed by atoms with Gasteiger partial charge in [-0.25, -0.2) is 0 Å². The van der Waals surface area contributed by atoms with Gasteiger partial charge in [-0.05, 0) is 30.2 Å². The molecule has 0 bridgehead atoms. The van der Waals surface area contributed by atoms with Crippen LogP contribution in [0.25, 0.3) is 6.08 Å². The summed E-state index contributed by atoms with van der Waals surface area (Å²) >= 11 is 0. The van der Waals surface area contributed by atoms with Gasteiger partial charge in [-0.2, -0.15) is 0 Å². The summed E-state index contributed by atoms with van der Waals surface area (Å²) in [5, 5.41) is 2.55. The van der Waals surface area contributed by atoms with Gasteiger partial charge in [0.05, 0.1) is 10.9 Å². The minimum Gasteiger partial charge on any atom is -0.274 e. The SMILES string of the molecule is C1=c2ccccc2=NC12CCCCC2. The lowest BCUT2D eigenvalue weighted by atomic mass is 9.82. The van der Waals surface area contributed by atoms with E-state index >= 15 is 0 Å². The number of nitrogens with zero attached hydrogens (tertiary/aromatic N) is 1. The zero-order valence-corrected chi connectivity index (χ0v) is 8.37. The van der Waals surface area contributed by atoms with E-state index in [9.17, 15) is 0 Å². The van der Waals surface area contributed by atoms with E-state index in [2.05, 4.69) is 30.3 Å². The molecule has 72 valence electrons. The molecule has 0 aromatic heterocycles. The first-order valence-corrected chi connectivity index (χ1v) is 5.56. The summed E-state index contributed by atoms with van der Waals surface area (Å²) in [5.74, 6) is 0. The van der Waals surface area contributed by atoms with Crippen LogP contribution in [0.2, 0.25) is 0 Å². The largest absolute Gasteiger partial charge is 0.274 e. The Morgan fingerprint density at radius 1 is 1.00 bits per heavy atom. The molecule has 0 amide bonds. The fraction of sp³-hybridized carbons (Fsp3) is 0.462. The van der Waals surface area contributed by atoms with Gasteiger partial charge < -0.3 is 0 Å². The molecule has 14 heavy (non-hydrogen) atoms. The van der Waals surface area contributed by atoms with Crippen molar-refractivity contribution in [1.29, 1.82) is 0 Å². The topological polar surface area (TPSA) is 12.4 Å². The predicted molar refractivity (Wildman–Crippen MR) is 57.5 cm³/mol. The standard InChI is InChI=1S/C13H15N/c1-4-8-13(9-5-1)10-11-6-2-3-7-12(11)14-13/h2-3,6-7,10H,1,4-5,8-9H2. The van der Waals surface area contributed by atoms with Crippen LogP contribution in [-0.2, 0) is 0 Å². The number of hydrogen-bond acceptors (Lipinski definition) is 1. The Balaban J connectivity index is 2.12. The van der Waals surface area contributed by atoms with Crippen molar-refractivity contribution in [2.24, 2.45) is 4.99 Å². The normalized spacial score (nSPS) is 22.6. The second kappa shape index (κ2) is 2.94. The van der Waals surface area contributed by atoms with Crippen LogP contribution < -0.4 is 10.6 Å². The smallest absolute Gasteiger partial charge is 0.0804 e. The van der Waals surface area contributed by atoms with E-state index in [0.29, 0.717) is 0 Å². The Hall–Kier alpha value is -1.11. The number of benzene rings is 1. The number of hydrogen-bond donors (Lipinski definition) is 0. The minimum absolute atomic E-state index is 0.182. The van der Waals surface area contributed by atoms with E-state index in [1.807, 2.05) is 0 Å². The van der Waals surface area contributed by atoms with E-state index in [0.717, 1.165) is 0 Å². The maximum absolute atomic E-state index is 4.89. The second-order valence-corrected chi connectivity index (χ2v) is 4.48. The molecule has 0 saturated heterocycles. The molecule has 2 aliphatic rings. The maximum Gasteiger partial charge on any atom is 0.0804 e. The molecule has 0 atom stereocenters. The Morgan fingerprint density at radius 2 is 1.79 bits per heavy atom. The Bertz CT molecular complexity index is 415. The molecule has 1 aliphatic carbocycles. The van der Waals surface area contributed by atoms with Gasteiger partial charge in [0.2, 0.25) is 0 Å². The highest BCUT2D eigenvalue weighted by Gasteiger charge is 2.30. The molecule has 0 radical (unpaired) electrons. The number of para-hydroxylation sites is 1. The third-order valence-electron chi connectivity index (χ3n) is 3.42. The van der Waals surface area contributed by atoms with Crippen LogP contribution in [0, 0.1) is 0 Å². The Labute approximate surface area is 84.2 Å². The summed E-state index contributed by atoms with van der Waals surface area (Å²) in [6, 6.07) is 8.50. The maximum atomic E-state index is 4.89. The summed E-state index contributed by atoms with van der Waals surface area (Å²) in [5.41, 5.74) is 0.182. The highest BCUT2D eigenvalue weighted by Crippen LogP contribution is 2.33. The first-order chi connectivity index (χ1) is 6.88. The molecule has 0 unspecified atom stereocenters. The van der Waals surface area contributed by atoms with Crippen LogP contribution in [-0.4, -0.2) is 5.54 Å². The summed E-state index contributed by atoms with van der Waals surface area (Å²) in [6.45, 7) is 0. The monoisotopic (exact) mass is 185 g/mol. The van der Waals surface area contributed by atoms with Crippen molar-refractivity contribution in [3.63, 3.8) is 0 Å². The molecule has 1 heteroatoms. The van der Waals surface area contributed by atoms with E-state index in [4.69, 9.17) is 4.99 Å². The molecule has 1 aromatic carbocycles. The van der Waals surface area contributed by atoms with E-state index in [1.54, 1.807) is 0 Å². The van der Waals surface area contributed by atoms with E-state index < -0.39 is 0 Å². The van der Waals surface area contributed by atoms with Crippen molar-refractivity contribution in [1.82, 2.24) is 0 Å². The molecule has 1 fully saturated rings. The van der Waals surface area contributed by atoms with Crippen LogP contribution in [0.4, 0.5) is 0 Å². The van der Waals surface area contributed by atoms with Crippen molar-refractivity contribution in [3.8, 4) is 0 Å².